The van der Waals surface area contributed by atoms with Crippen molar-refractivity contribution in [1.29, 1.82) is 0 Å². The molecule has 1 fully saturated rings. The summed E-state index contributed by atoms with van der Waals surface area (Å²) < 4.78 is 36.1. The molecule has 1 aliphatic heterocycles. The highest BCUT2D eigenvalue weighted by molar-refractivity contribution is 5.81. The Morgan fingerprint density at radius 1 is 1.42 bits per heavy atom. The molecule has 1 unspecified atom stereocenters. The Morgan fingerprint density at radius 3 is 2.53 bits per heavy atom. The SMILES string of the molecule is CC(C(=O)NCC(F)(F)F)N(C)CC1CCNCC1. The lowest BCUT2D eigenvalue weighted by atomic mass is 9.97. The van der Waals surface area contributed by atoms with Crippen molar-refractivity contribution < 1.29 is 18.0 Å². The van der Waals surface area contributed by atoms with Crippen LogP contribution in [0.3, 0.4) is 0 Å². The van der Waals surface area contributed by atoms with E-state index in [4.69, 9.17) is 0 Å². The largest absolute Gasteiger partial charge is 0.405 e. The summed E-state index contributed by atoms with van der Waals surface area (Å²) in [6.45, 7) is 3.03. The minimum Gasteiger partial charge on any atom is -0.346 e. The van der Waals surface area contributed by atoms with Crippen LogP contribution in [0.15, 0.2) is 0 Å². The molecule has 1 atom stereocenters. The van der Waals surface area contributed by atoms with Crippen LogP contribution >= 0.6 is 0 Å². The zero-order valence-corrected chi connectivity index (χ0v) is 11.4. The van der Waals surface area contributed by atoms with Crippen molar-refractivity contribution in [1.82, 2.24) is 15.5 Å². The smallest absolute Gasteiger partial charge is 0.346 e. The molecular formula is C12H22F3N3O. The lowest BCUT2D eigenvalue weighted by Crippen LogP contribution is -2.47. The van der Waals surface area contributed by atoms with E-state index < -0.39 is 24.7 Å². The van der Waals surface area contributed by atoms with Gasteiger partial charge < -0.3 is 10.6 Å². The second-order valence-electron chi connectivity index (χ2n) is 5.14. The summed E-state index contributed by atoms with van der Waals surface area (Å²) in [5.74, 6) is -0.0714. The van der Waals surface area contributed by atoms with Crippen LogP contribution in [0.1, 0.15) is 19.8 Å². The lowest BCUT2D eigenvalue weighted by Gasteiger charge is -2.30. The first-order valence-corrected chi connectivity index (χ1v) is 6.55. The van der Waals surface area contributed by atoms with Crippen molar-refractivity contribution in [3.8, 4) is 0 Å². The second kappa shape index (κ2) is 7.09. The van der Waals surface area contributed by atoms with Crippen molar-refractivity contribution >= 4 is 5.91 Å². The molecule has 1 rings (SSSR count). The van der Waals surface area contributed by atoms with Gasteiger partial charge in [0.25, 0.3) is 0 Å². The van der Waals surface area contributed by atoms with Crippen LogP contribution in [0.25, 0.3) is 0 Å². The molecule has 0 aromatic heterocycles. The summed E-state index contributed by atoms with van der Waals surface area (Å²) in [6, 6.07) is -0.544. The fraction of sp³-hybridized carbons (Fsp3) is 0.917. The van der Waals surface area contributed by atoms with Gasteiger partial charge in [-0.15, -0.1) is 0 Å². The minimum absolute atomic E-state index is 0.504. The van der Waals surface area contributed by atoms with E-state index in [1.165, 1.54) is 0 Å². The summed E-state index contributed by atoms with van der Waals surface area (Å²) in [6.07, 6.45) is -2.27. The van der Waals surface area contributed by atoms with Gasteiger partial charge in [-0.25, -0.2) is 0 Å². The summed E-state index contributed by atoms with van der Waals surface area (Å²) >= 11 is 0. The summed E-state index contributed by atoms with van der Waals surface area (Å²) in [7, 11) is 1.78. The molecular weight excluding hydrogens is 259 g/mol. The third-order valence-corrected chi connectivity index (χ3v) is 3.51. The average Bonchev–Trinajstić information content (AvgIpc) is 2.35. The molecule has 0 aromatic rings. The monoisotopic (exact) mass is 281 g/mol. The summed E-state index contributed by atoms with van der Waals surface area (Å²) in [5.41, 5.74) is 0. The van der Waals surface area contributed by atoms with Gasteiger partial charge in [0.2, 0.25) is 5.91 Å². The van der Waals surface area contributed by atoms with E-state index >= 15 is 0 Å². The van der Waals surface area contributed by atoms with E-state index in [9.17, 15) is 18.0 Å². The van der Waals surface area contributed by atoms with Gasteiger partial charge in [0, 0.05) is 6.54 Å². The zero-order valence-electron chi connectivity index (χ0n) is 11.4. The van der Waals surface area contributed by atoms with Crippen LogP contribution in [0.4, 0.5) is 13.2 Å². The van der Waals surface area contributed by atoms with Gasteiger partial charge in [-0.2, -0.15) is 13.2 Å². The van der Waals surface area contributed by atoms with Crippen molar-refractivity contribution in [2.45, 2.75) is 32.0 Å². The third kappa shape index (κ3) is 6.24. The Hall–Kier alpha value is -0.820. The molecule has 0 aromatic carbocycles. The number of hydrogen-bond donors (Lipinski definition) is 2. The topological polar surface area (TPSA) is 44.4 Å². The van der Waals surface area contributed by atoms with Crippen LogP contribution in [-0.4, -0.2) is 56.3 Å². The van der Waals surface area contributed by atoms with E-state index in [-0.39, 0.29) is 0 Å². The molecule has 1 heterocycles. The van der Waals surface area contributed by atoms with Crippen molar-refractivity contribution in [2.24, 2.45) is 5.92 Å². The Morgan fingerprint density at radius 2 is 2.00 bits per heavy atom. The molecule has 112 valence electrons. The van der Waals surface area contributed by atoms with E-state index in [1.807, 2.05) is 10.2 Å². The molecule has 1 saturated heterocycles. The molecule has 0 radical (unpaired) electrons. The van der Waals surface area contributed by atoms with Crippen LogP contribution in [0, 0.1) is 5.92 Å². The number of carbonyl (C=O) groups excluding carboxylic acids is 1. The van der Waals surface area contributed by atoms with Gasteiger partial charge in [0.1, 0.15) is 6.54 Å². The Bertz CT molecular complexity index is 290. The average molecular weight is 281 g/mol. The molecule has 0 aliphatic carbocycles. The first-order valence-electron chi connectivity index (χ1n) is 6.55. The van der Waals surface area contributed by atoms with E-state index in [2.05, 4.69) is 5.32 Å². The number of amides is 1. The van der Waals surface area contributed by atoms with Gasteiger partial charge in [0.05, 0.1) is 6.04 Å². The van der Waals surface area contributed by atoms with E-state index in [0.717, 1.165) is 32.5 Å². The second-order valence-corrected chi connectivity index (χ2v) is 5.14. The highest BCUT2D eigenvalue weighted by Crippen LogP contribution is 2.15. The minimum atomic E-state index is -4.36. The van der Waals surface area contributed by atoms with Crippen molar-refractivity contribution in [2.75, 3.05) is 33.2 Å². The number of alkyl halides is 3. The molecule has 0 saturated carbocycles. The lowest BCUT2D eigenvalue weighted by molar-refractivity contribution is -0.141. The molecule has 2 N–H and O–H groups in total. The van der Waals surface area contributed by atoms with E-state index in [0.29, 0.717) is 5.92 Å². The number of carbonyl (C=O) groups is 1. The Labute approximate surface area is 111 Å². The molecule has 1 aliphatic rings. The third-order valence-electron chi connectivity index (χ3n) is 3.51. The van der Waals surface area contributed by atoms with Gasteiger partial charge >= 0.3 is 6.18 Å². The molecule has 19 heavy (non-hydrogen) atoms. The fourth-order valence-electron chi connectivity index (χ4n) is 2.16. The molecule has 7 heteroatoms. The predicted molar refractivity (Wildman–Crippen MR) is 66.8 cm³/mol. The number of nitrogens with zero attached hydrogens (tertiary/aromatic N) is 1. The first kappa shape index (κ1) is 16.2. The van der Waals surface area contributed by atoms with Crippen molar-refractivity contribution in [3.63, 3.8) is 0 Å². The molecule has 0 spiro atoms. The maximum atomic E-state index is 12.0. The number of likely N-dealkylation sites (N-methyl/N-ethyl adjacent to an activating group) is 1. The normalized spacial score (nSPS) is 19.5. The number of halogens is 3. The first-order chi connectivity index (χ1) is 8.79. The highest BCUT2D eigenvalue weighted by Gasteiger charge is 2.29. The number of rotatable bonds is 5. The van der Waals surface area contributed by atoms with Gasteiger partial charge in [0.15, 0.2) is 0 Å². The summed E-state index contributed by atoms with van der Waals surface area (Å²) in [5, 5.41) is 5.18. The maximum absolute atomic E-state index is 12.0. The maximum Gasteiger partial charge on any atom is 0.405 e. The van der Waals surface area contributed by atoms with Crippen LogP contribution in [0.5, 0.6) is 0 Å². The van der Waals surface area contributed by atoms with Gasteiger partial charge in [-0.3, -0.25) is 9.69 Å². The summed E-state index contributed by atoms with van der Waals surface area (Å²) in [4.78, 5) is 13.4. The van der Waals surface area contributed by atoms with Crippen LogP contribution in [-0.2, 0) is 4.79 Å². The number of hydrogen-bond acceptors (Lipinski definition) is 3. The molecule has 1 amide bonds. The molecule has 4 nitrogen and oxygen atoms in total. The zero-order chi connectivity index (χ0) is 14.5. The Balaban J connectivity index is 2.33. The standard InChI is InChI=1S/C12H22F3N3O/c1-9(11(19)17-8-12(13,14)15)18(2)7-10-3-5-16-6-4-10/h9-10,16H,3-8H2,1-2H3,(H,17,19). The quantitative estimate of drug-likeness (QED) is 0.790. The van der Waals surface area contributed by atoms with Gasteiger partial charge in [-0.1, -0.05) is 0 Å². The van der Waals surface area contributed by atoms with E-state index in [1.54, 1.807) is 14.0 Å². The highest BCUT2D eigenvalue weighted by atomic mass is 19.4. The van der Waals surface area contributed by atoms with Gasteiger partial charge in [-0.05, 0) is 45.8 Å². The predicted octanol–water partition coefficient (Wildman–Crippen LogP) is 0.985. The Kier molecular flexibility index (Phi) is 6.06. The van der Waals surface area contributed by atoms with Crippen LogP contribution < -0.4 is 10.6 Å². The number of piperidine rings is 1. The molecule has 0 bridgehead atoms. The van der Waals surface area contributed by atoms with Crippen molar-refractivity contribution in [3.05, 3.63) is 0 Å². The fourth-order valence-corrected chi connectivity index (χ4v) is 2.16. The number of nitrogens with one attached hydrogen (secondary N) is 2. The van der Waals surface area contributed by atoms with Crippen LogP contribution in [0.2, 0.25) is 0 Å².